The average Bonchev–Trinajstić information content (AvgIpc) is 2.69. The van der Waals surface area contributed by atoms with E-state index in [-0.39, 0.29) is 17.9 Å². The molecule has 2 amide bonds. The van der Waals surface area contributed by atoms with Gasteiger partial charge in [0, 0.05) is 29.2 Å². The van der Waals surface area contributed by atoms with Gasteiger partial charge in [0.05, 0.1) is 22.8 Å². The van der Waals surface area contributed by atoms with E-state index in [1.165, 1.54) is 0 Å². The Morgan fingerprint density at radius 3 is 2.89 bits per heavy atom. The van der Waals surface area contributed by atoms with Gasteiger partial charge >= 0.3 is 0 Å². The molecule has 1 N–H and O–H groups in total. The molecule has 5 nitrogen and oxygen atoms in total. The molecule has 2 aromatic rings. The van der Waals surface area contributed by atoms with Gasteiger partial charge in [-0.3, -0.25) is 9.59 Å². The summed E-state index contributed by atoms with van der Waals surface area (Å²) in [7, 11) is 0. The van der Waals surface area contributed by atoms with Crippen molar-refractivity contribution in [1.29, 1.82) is 0 Å². The number of halogens is 2. The molecular formula is C21H20BrClN2O3. The van der Waals surface area contributed by atoms with Gasteiger partial charge in [0.2, 0.25) is 0 Å². The van der Waals surface area contributed by atoms with E-state index in [0.717, 1.165) is 36.7 Å². The van der Waals surface area contributed by atoms with Crippen molar-refractivity contribution in [3.05, 3.63) is 57.0 Å². The maximum absolute atomic E-state index is 13.1. The van der Waals surface area contributed by atoms with Gasteiger partial charge in [0.15, 0.2) is 0 Å². The summed E-state index contributed by atoms with van der Waals surface area (Å²) in [6, 6.07) is 10.5. The van der Waals surface area contributed by atoms with Crippen LogP contribution >= 0.6 is 27.5 Å². The minimum absolute atomic E-state index is 0.0315. The fourth-order valence-electron chi connectivity index (χ4n) is 3.80. The lowest BCUT2D eigenvalue weighted by Gasteiger charge is -2.37. The third-order valence-electron chi connectivity index (χ3n) is 5.24. The predicted molar refractivity (Wildman–Crippen MR) is 112 cm³/mol. The van der Waals surface area contributed by atoms with E-state index in [4.69, 9.17) is 16.3 Å². The van der Waals surface area contributed by atoms with E-state index >= 15 is 0 Å². The fourth-order valence-corrected chi connectivity index (χ4v) is 4.36. The minimum atomic E-state index is -0.332. The first kappa shape index (κ1) is 19.3. The zero-order chi connectivity index (χ0) is 19.7. The lowest BCUT2D eigenvalue weighted by molar-refractivity contribution is 0.0548. The molecule has 1 saturated heterocycles. The van der Waals surface area contributed by atoms with Crippen molar-refractivity contribution in [2.45, 2.75) is 31.7 Å². The van der Waals surface area contributed by atoms with Crippen LogP contribution < -0.4 is 10.1 Å². The normalized spacial score (nSPS) is 19.0. The van der Waals surface area contributed by atoms with E-state index in [9.17, 15) is 9.59 Å². The summed E-state index contributed by atoms with van der Waals surface area (Å²) in [4.78, 5) is 27.7. The molecule has 28 heavy (non-hydrogen) atoms. The number of hydrogen-bond donors (Lipinski definition) is 1. The lowest BCUT2D eigenvalue weighted by atomic mass is 9.97. The first-order chi connectivity index (χ1) is 13.5. The monoisotopic (exact) mass is 462 g/mol. The maximum atomic E-state index is 13.1. The molecule has 2 heterocycles. The predicted octanol–water partition coefficient (Wildman–Crippen LogP) is 5.13. The van der Waals surface area contributed by atoms with E-state index in [1.807, 2.05) is 4.90 Å². The highest BCUT2D eigenvalue weighted by molar-refractivity contribution is 9.10. The number of nitrogens with zero attached hydrogens (tertiary/aromatic N) is 1. The maximum Gasteiger partial charge on any atom is 0.257 e. The van der Waals surface area contributed by atoms with Crippen molar-refractivity contribution in [1.82, 2.24) is 4.90 Å². The molecule has 0 spiro atoms. The number of rotatable bonds is 2. The van der Waals surface area contributed by atoms with Crippen LogP contribution in [0.4, 0.5) is 5.69 Å². The van der Waals surface area contributed by atoms with Crippen LogP contribution in [0.3, 0.4) is 0 Å². The quantitative estimate of drug-likeness (QED) is 0.671. The summed E-state index contributed by atoms with van der Waals surface area (Å²) in [5.41, 5.74) is 1.39. The van der Waals surface area contributed by atoms with Crippen LogP contribution in [-0.4, -0.2) is 35.9 Å². The third kappa shape index (κ3) is 3.89. The Morgan fingerprint density at radius 1 is 1.18 bits per heavy atom. The number of ether oxygens (including phenoxy) is 1. The van der Waals surface area contributed by atoms with Gasteiger partial charge in [0.1, 0.15) is 5.75 Å². The molecule has 1 atom stereocenters. The largest absolute Gasteiger partial charge is 0.493 e. The highest BCUT2D eigenvalue weighted by atomic mass is 79.9. The third-order valence-corrected chi connectivity index (χ3v) is 6.06. The van der Waals surface area contributed by atoms with Crippen molar-refractivity contribution in [3.8, 4) is 5.75 Å². The van der Waals surface area contributed by atoms with E-state index < -0.39 is 0 Å². The number of nitrogens with one attached hydrogen (secondary N) is 1. The average molecular weight is 464 g/mol. The van der Waals surface area contributed by atoms with Crippen molar-refractivity contribution in [3.63, 3.8) is 0 Å². The van der Waals surface area contributed by atoms with Gasteiger partial charge in [-0.2, -0.15) is 0 Å². The summed E-state index contributed by atoms with van der Waals surface area (Å²) >= 11 is 9.50. The Kier molecular flexibility index (Phi) is 5.60. The van der Waals surface area contributed by atoms with Gasteiger partial charge < -0.3 is 15.0 Å². The van der Waals surface area contributed by atoms with Crippen LogP contribution in [0.1, 0.15) is 46.4 Å². The van der Waals surface area contributed by atoms with E-state index in [2.05, 4.69) is 21.2 Å². The van der Waals surface area contributed by atoms with Crippen LogP contribution in [0, 0.1) is 0 Å². The first-order valence-corrected chi connectivity index (χ1v) is 10.5. The molecule has 0 aliphatic carbocycles. The number of anilines is 1. The Hall–Kier alpha value is -2.05. The molecule has 1 unspecified atom stereocenters. The lowest BCUT2D eigenvalue weighted by Crippen LogP contribution is -2.45. The number of hydrogen-bond acceptors (Lipinski definition) is 3. The highest BCUT2D eigenvalue weighted by Crippen LogP contribution is 2.31. The molecule has 4 rings (SSSR count). The first-order valence-electron chi connectivity index (χ1n) is 9.37. The molecule has 2 aliphatic heterocycles. The van der Waals surface area contributed by atoms with Crippen LogP contribution in [-0.2, 0) is 0 Å². The van der Waals surface area contributed by atoms with Crippen molar-refractivity contribution < 1.29 is 14.3 Å². The highest BCUT2D eigenvalue weighted by Gasteiger charge is 2.31. The van der Waals surface area contributed by atoms with Gasteiger partial charge in [0.25, 0.3) is 11.8 Å². The molecule has 1 fully saturated rings. The Morgan fingerprint density at radius 2 is 2.04 bits per heavy atom. The molecule has 2 aliphatic rings. The second-order valence-corrected chi connectivity index (χ2v) is 8.40. The number of fused-ring (bicyclic) bond motifs is 2. The molecule has 7 heteroatoms. The smallest absolute Gasteiger partial charge is 0.257 e. The number of carbonyl (C=O) groups is 2. The molecule has 0 bridgehead atoms. The van der Waals surface area contributed by atoms with E-state index in [0.29, 0.717) is 34.2 Å². The number of piperidine rings is 1. The molecule has 2 aromatic carbocycles. The SMILES string of the molecule is O=C(Nc1ccc2c(c1)C(=O)N1CCCCC1CCO2)c1cc(Br)ccc1Cl. The molecule has 146 valence electrons. The summed E-state index contributed by atoms with van der Waals surface area (Å²) in [6.07, 6.45) is 4.04. The van der Waals surface area contributed by atoms with Gasteiger partial charge in [-0.05, 0) is 55.7 Å². The van der Waals surface area contributed by atoms with Gasteiger partial charge in [-0.25, -0.2) is 0 Å². The summed E-state index contributed by atoms with van der Waals surface area (Å²) in [6.45, 7) is 1.36. The topological polar surface area (TPSA) is 58.6 Å². The van der Waals surface area contributed by atoms with Crippen molar-refractivity contribution in [2.24, 2.45) is 0 Å². The zero-order valence-electron chi connectivity index (χ0n) is 15.2. The summed E-state index contributed by atoms with van der Waals surface area (Å²) in [5, 5.41) is 3.20. The summed E-state index contributed by atoms with van der Waals surface area (Å²) in [5.74, 6) is 0.199. The zero-order valence-corrected chi connectivity index (χ0v) is 17.6. The van der Waals surface area contributed by atoms with Crippen LogP contribution in [0.2, 0.25) is 5.02 Å². The van der Waals surface area contributed by atoms with Gasteiger partial charge in [-0.15, -0.1) is 0 Å². The fraction of sp³-hybridized carbons (Fsp3) is 0.333. The summed E-state index contributed by atoms with van der Waals surface area (Å²) < 4.78 is 6.60. The Labute approximate surface area is 177 Å². The Bertz CT molecular complexity index is 934. The minimum Gasteiger partial charge on any atom is -0.493 e. The van der Waals surface area contributed by atoms with Gasteiger partial charge in [-0.1, -0.05) is 27.5 Å². The van der Waals surface area contributed by atoms with E-state index in [1.54, 1.807) is 36.4 Å². The number of amides is 2. The van der Waals surface area contributed by atoms with Crippen LogP contribution in [0.25, 0.3) is 0 Å². The number of benzene rings is 2. The molecule has 0 aromatic heterocycles. The number of carbonyl (C=O) groups excluding carboxylic acids is 2. The second kappa shape index (κ2) is 8.13. The second-order valence-electron chi connectivity index (χ2n) is 7.07. The van der Waals surface area contributed by atoms with Crippen LogP contribution in [0.5, 0.6) is 5.75 Å². The Balaban J connectivity index is 1.61. The van der Waals surface area contributed by atoms with Crippen molar-refractivity contribution in [2.75, 3.05) is 18.5 Å². The van der Waals surface area contributed by atoms with Crippen molar-refractivity contribution >= 4 is 45.0 Å². The molecular weight excluding hydrogens is 444 g/mol. The standard InChI is InChI=1S/C21H20BrClN2O3/c22-13-4-6-18(23)16(11-13)20(26)24-14-5-7-19-17(12-14)21(27)25-9-2-1-3-15(25)8-10-28-19/h4-7,11-12,15H,1-3,8-10H2,(H,24,26). The molecule has 0 radical (unpaired) electrons. The molecule has 0 saturated carbocycles. The van der Waals surface area contributed by atoms with Crippen LogP contribution in [0.15, 0.2) is 40.9 Å².